The smallest absolute Gasteiger partial charge is 0.338 e. The monoisotopic (exact) mass is 520 g/mol. The van der Waals surface area contributed by atoms with Gasteiger partial charge in [0.2, 0.25) is 0 Å². The molecule has 0 N–H and O–H groups in total. The number of esters is 4. The molecule has 0 spiro atoms. The molecule has 1 fully saturated rings. The van der Waals surface area contributed by atoms with E-state index in [9.17, 15) is 19.2 Å². The standard InChI is InChI=1S/C28H24O8S/c1-18(29)34-28-24(36-27(32)21-15-9-4-10-16-21)23(35-26(31)20-13-7-3-8-14-20)22(37-28)17-33-25(30)19-11-5-2-6-12-19/h2-16,22-24,28H,17H2,1H3. The van der Waals surface area contributed by atoms with Crippen LogP contribution in [0.5, 0.6) is 0 Å². The van der Waals surface area contributed by atoms with E-state index in [0.717, 1.165) is 11.8 Å². The van der Waals surface area contributed by atoms with Gasteiger partial charge in [-0.25, -0.2) is 14.4 Å². The predicted octanol–water partition coefficient (Wildman–Crippen LogP) is 4.30. The average molecular weight is 521 g/mol. The van der Waals surface area contributed by atoms with Gasteiger partial charge in [0.25, 0.3) is 0 Å². The Morgan fingerprint density at radius 1 is 0.622 bits per heavy atom. The van der Waals surface area contributed by atoms with Gasteiger partial charge in [-0.1, -0.05) is 54.6 Å². The summed E-state index contributed by atoms with van der Waals surface area (Å²) in [5, 5.41) is -0.682. The van der Waals surface area contributed by atoms with Gasteiger partial charge in [-0.15, -0.1) is 11.8 Å². The summed E-state index contributed by atoms with van der Waals surface area (Å²) in [6.45, 7) is 1.05. The molecule has 0 saturated carbocycles. The Morgan fingerprint density at radius 3 is 1.51 bits per heavy atom. The number of thioether (sulfide) groups is 1. The second-order valence-corrected chi connectivity index (χ2v) is 9.43. The minimum atomic E-state index is -1.14. The maximum absolute atomic E-state index is 12.9. The van der Waals surface area contributed by atoms with E-state index in [-0.39, 0.29) is 17.7 Å². The number of hydrogen-bond donors (Lipinski definition) is 0. The van der Waals surface area contributed by atoms with Crippen LogP contribution in [0.2, 0.25) is 0 Å². The van der Waals surface area contributed by atoms with E-state index >= 15 is 0 Å². The molecular formula is C28H24O8S. The first-order chi connectivity index (χ1) is 17.9. The highest BCUT2D eigenvalue weighted by Crippen LogP contribution is 2.40. The van der Waals surface area contributed by atoms with Crippen molar-refractivity contribution in [1.29, 1.82) is 0 Å². The van der Waals surface area contributed by atoms with E-state index in [4.69, 9.17) is 18.9 Å². The Hall–Kier alpha value is -4.11. The number of ether oxygens (including phenoxy) is 4. The zero-order valence-electron chi connectivity index (χ0n) is 19.9. The number of hydrogen-bond acceptors (Lipinski definition) is 9. The van der Waals surface area contributed by atoms with Crippen LogP contribution in [0.1, 0.15) is 38.0 Å². The molecule has 3 aromatic rings. The molecule has 3 aromatic carbocycles. The molecule has 8 nitrogen and oxygen atoms in total. The predicted molar refractivity (Wildman–Crippen MR) is 135 cm³/mol. The summed E-state index contributed by atoms with van der Waals surface area (Å²) in [7, 11) is 0. The van der Waals surface area contributed by atoms with Gasteiger partial charge in [-0.2, -0.15) is 0 Å². The fraction of sp³-hybridized carbons (Fsp3) is 0.214. The number of carbonyl (C=O) groups excluding carboxylic acids is 4. The van der Waals surface area contributed by atoms with Crippen molar-refractivity contribution in [3.8, 4) is 0 Å². The van der Waals surface area contributed by atoms with E-state index in [0.29, 0.717) is 5.56 Å². The molecule has 0 radical (unpaired) electrons. The van der Waals surface area contributed by atoms with E-state index < -0.39 is 46.8 Å². The largest absolute Gasteiger partial charge is 0.461 e. The summed E-state index contributed by atoms with van der Waals surface area (Å²) >= 11 is 1.09. The first-order valence-corrected chi connectivity index (χ1v) is 12.4. The van der Waals surface area contributed by atoms with Gasteiger partial charge in [0, 0.05) is 6.92 Å². The maximum atomic E-state index is 12.9. The Labute approximate surface area is 217 Å². The average Bonchev–Trinajstić information content (AvgIpc) is 3.23. The summed E-state index contributed by atoms with van der Waals surface area (Å²) in [4.78, 5) is 50.2. The van der Waals surface area contributed by atoms with Gasteiger partial charge in [0.1, 0.15) is 6.61 Å². The fourth-order valence-corrected chi connectivity index (χ4v) is 5.11. The molecule has 0 aromatic heterocycles. The van der Waals surface area contributed by atoms with Crippen molar-refractivity contribution in [2.75, 3.05) is 6.61 Å². The molecule has 4 rings (SSSR count). The molecule has 37 heavy (non-hydrogen) atoms. The lowest BCUT2D eigenvalue weighted by molar-refractivity contribution is -0.148. The highest BCUT2D eigenvalue weighted by molar-refractivity contribution is 8.00. The lowest BCUT2D eigenvalue weighted by Gasteiger charge is -2.25. The second-order valence-electron chi connectivity index (χ2n) is 8.09. The zero-order valence-corrected chi connectivity index (χ0v) is 20.7. The summed E-state index contributed by atoms with van der Waals surface area (Å²) < 4.78 is 22.4. The topological polar surface area (TPSA) is 105 Å². The lowest BCUT2D eigenvalue weighted by atomic mass is 10.1. The molecule has 1 aliphatic heterocycles. The number of benzene rings is 3. The summed E-state index contributed by atoms with van der Waals surface area (Å²) in [6.07, 6.45) is -2.21. The molecular weight excluding hydrogens is 496 g/mol. The molecule has 4 unspecified atom stereocenters. The first kappa shape index (κ1) is 26.0. The van der Waals surface area contributed by atoms with Crippen LogP contribution in [-0.4, -0.2) is 53.4 Å². The summed E-state index contributed by atoms with van der Waals surface area (Å²) in [5.41, 5.74) is -0.0659. The van der Waals surface area contributed by atoms with Crippen LogP contribution in [0.25, 0.3) is 0 Å². The van der Waals surface area contributed by atoms with Gasteiger partial charge < -0.3 is 18.9 Å². The van der Waals surface area contributed by atoms with Crippen molar-refractivity contribution in [1.82, 2.24) is 0 Å². The van der Waals surface area contributed by atoms with Gasteiger partial charge in [-0.3, -0.25) is 4.79 Å². The highest BCUT2D eigenvalue weighted by Gasteiger charge is 2.51. The Kier molecular flexibility index (Phi) is 8.58. The molecule has 0 amide bonds. The van der Waals surface area contributed by atoms with Crippen LogP contribution in [-0.2, 0) is 23.7 Å². The third kappa shape index (κ3) is 6.77. The van der Waals surface area contributed by atoms with Crippen molar-refractivity contribution in [2.45, 2.75) is 29.8 Å². The minimum Gasteiger partial charge on any atom is -0.461 e. The molecule has 190 valence electrons. The van der Waals surface area contributed by atoms with Gasteiger partial charge in [-0.05, 0) is 36.4 Å². The fourth-order valence-electron chi connectivity index (χ4n) is 3.70. The molecule has 4 atom stereocenters. The van der Waals surface area contributed by atoms with E-state index in [1.165, 1.54) is 6.92 Å². The van der Waals surface area contributed by atoms with Gasteiger partial charge in [0.15, 0.2) is 17.6 Å². The molecule has 9 heteroatoms. The molecule has 0 aliphatic carbocycles. The van der Waals surface area contributed by atoms with Crippen molar-refractivity contribution in [2.24, 2.45) is 0 Å². The number of rotatable bonds is 8. The maximum Gasteiger partial charge on any atom is 0.338 e. The van der Waals surface area contributed by atoms with Crippen molar-refractivity contribution >= 4 is 35.6 Å². The Morgan fingerprint density at radius 2 is 1.05 bits per heavy atom. The van der Waals surface area contributed by atoms with Crippen LogP contribution in [0.15, 0.2) is 91.0 Å². The van der Waals surface area contributed by atoms with Crippen LogP contribution in [0.3, 0.4) is 0 Å². The van der Waals surface area contributed by atoms with Gasteiger partial charge in [0.05, 0.1) is 21.9 Å². The van der Waals surface area contributed by atoms with Crippen LogP contribution < -0.4 is 0 Å². The molecule has 1 saturated heterocycles. The number of carbonyl (C=O) groups is 4. The van der Waals surface area contributed by atoms with E-state index in [1.807, 2.05) is 0 Å². The lowest BCUT2D eigenvalue weighted by Crippen LogP contribution is -2.42. The first-order valence-electron chi connectivity index (χ1n) is 11.5. The molecule has 1 heterocycles. The van der Waals surface area contributed by atoms with Crippen molar-refractivity contribution in [3.05, 3.63) is 108 Å². The van der Waals surface area contributed by atoms with Crippen LogP contribution in [0, 0.1) is 0 Å². The van der Waals surface area contributed by atoms with E-state index in [1.54, 1.807) is 91.0 Å². The van der Waals surface area contributed by atoms with E-state index in [2.05, 4.69) is 0 Å². The second kappa shape index (κ2) is 12.2. The highest BCUT2D eigenvalue weighted by atomic mass is 32.2. The normalized spacial score (nSPS) is 20.5. The zero-order chi connectivity index (χ0) is 26.2. The molecule has 0 bridgehead atoms. The third-order valence-corrected chi connectivity index (χ3v) is 6.83. The van der Waals surface area contributed by atoms with Crippen LogP contribution >= 0.6 is 11.8 Å². The Balaban J connectivity index is 1.58. The van der Waals surface area contributed by atoms with Crippen molar-refractivity contribution < 1.29 is 38.1 Å². The third-order valence-electron chi connectivity index (χ3n) is 5.44. The molecule has 1 aliphatic rings. The SMILES string of the molecule is CC(=O)OC1SC(COC(=O)c2ccccc2)C(OC(=O)c2ccccc2)C1OC(=O)c1ccccc1. The minimum absolute atomic E-state index is 0.178. The van der Waals surface area contributed by atoms with Crippen LogP contribution in [0.4, 0.5) is 0 Å². The quantitative estimate of drug-likeness (QED) is 0.317. The van der Waals surface area contributed by atoms with Crippen molar-refractivity contribution in [3.63, 3.8) is 0 Å². The summed E-state index contributed by atoms with van der Waals surface area (Å²) in [5.74, 6) is -2.50. The summed E-state index contributed by atoms with van der Waals surface area (Å²) in [6, 6.07) is 25.0. The van der Waals surface area contributed by atoms with Gasteiger partial charge >= 0.3 is 23.9 Å². The Bertz CT molecular complexity index is 1230.